The minimum atomic E-state index is -0.666. The molecule has 0 saturated heterocycles. The second-order valence-electron chi connectivity index (χ2n) is 9.72. The van der Waals surface area contributed by atoms with E-state index in [1.807, 2.05) is 0 Å². The maximum absolute atomic E-state index is 13.7. The molecule has 0 amide bonds. The normalized spacial score (nSPS) is 25.8. The monoisotopic (exact) mass is 443 g/mol. The molecule has 0 unspecified atom stereocenters. The standard InChI is InChI=1S/C27H38FNO3/c1-2-3-4-5-6-20-7-9-21(10-8-20)19-31-24-14-11-22(12-15-24)27(30)32-25-16-13-23(18-29)26(28)17-25/h13,16-17,20-22,24H,2-12,14-15,19H2,1H3/t20-,21-,22-,24-. The van der Waals surface area contributed by atoms with E-state index in [1.54, 1.807) is 6.07 Å². The maximum Gasteiger partial charge on any atom is 0.314 e. The van der Waals surface area contributed by atoms with Crippen LogP contribution in [0.2, 0.25) is 0 Å². The Bertz CT molecular complexity index is 759. The van der Waals surface area contributed by atoms with E-state index in [0.717, 1.165) is 44.3 Å². The van der Waals surface area contributed by atoms with Crippen LogP contribution in [0.4, 0.5) is 4.39 Å². The van der Waals surface area contributed by atoms with Crippen LogP contribution in [0.3, 0.4) is 0 Å². The Hall–Kier alpha value is -1.93. The van der Waals surface area contributed by atoms with Crippen LogP contribution in [0.25, 0.3) is 0 Å². The SMILES string of the molecule is CCCCCC[C@H]1CC[C@H](CO[C@H]2CC[C@H](C(=O)Oc3ccc(C#N)c(F)c3)CC2)CC1. The fourth-order valence-electron chi connectivity index (χ4n) is 5.13. The van der Waals surface area contributed by atoms with Crippen molar-refractivity contribution in [3.63, 3.8) is 0 Å². The number of rotatable bonds is 10. The van der Waals surface area contributed by atoms with Crippen molar-refractivity contribution in [2.75, 3.05) is 6.61 Å². The van der Waals surface area contributed by atoms with Crippen LogP contribution < -0.4 is 4.74 Å². The van der Waals surface area contributed by atoms with E-state index < -0.39 is 5.82 Å². The number of carbonyl (C=O) groups is 1. The Morgan fingerprint density at radius 3 is 2.41 bits per heavy atom. The van der Waals surface area contributed by atoms with E-state index in [2.05, 4.69) is 6.92 Å². The van der Waals surface area contributed by atoms with Gasteiger partial charge in [0.1, 0.15) is 17.6 Å². The van der Waals surface area contributed by atoms with Gasteiger partial charge in [0.15, 0.2) is 0 Å². The number of unbranched alkanes of at least 4 members (excludes halogenated alkanes) is 3. The second-order valence-corrected chi connectivity index (χ2v) is 9.72. The summed E-state index contributed by atoms with van der Waals surface area (Å²) in [6.07, 6.45) is 15.6. The summed E-state index contributed by atoms with van der Waals surface area (Å²) in [4.78, 5) is 12.4. The molecule has 2 saturated carbocycles. The maximum atomic E-state index is 13.7. The fourth-order valence-corrected chi connectivity index (χ4v) is 5.13. The predicted octanol–water partition coefficient (Wildman–Crippen LogP) is 6.95. The number of halogens is 1. The van der Waals surface area contributed by atoms with Crippen molar-refractivity contribution in [2.24, 2.45) is 17.8 Å². The van der Waals surface area contributed by atoms with Crippen molar-refractivity contribution < 1.29 is 18.7 Å². The summed E-state index contributed by atoms with van der Waals surface area (Å²) in [5.41, 5.74) is -0.0529. The van der Waals surface area contributed by atoms with Gasteiger partial charge in [-0.15, -0.1) is 0 Å². The highest BCUT2D eigenvalue weighted by Crippen LogP contribution is 2.34. The molecule has 0 atom stereocenters. The number of hydrogen-bond donors (Lipinski definition) is 0. The first-order valence-electron chi connectivity index (χ1n) is 12.6. The van der Waals surface area contributed by atoms with Gasteiger partial charge in [-0.25, -0.2) is 4.39 Å². The largest absolute Gasteiger partial charge is 0.426 e. The molecule has 5 heteroatoms. The van der Waals surface area contributed by atoms with Crippen LogP contribution in [0.15, 0.2) is 18.2 Å². The summed E-state index contributed by atoms with van der Waals surface area (Å²) in [6.45, 7) is 3.12. The van der Waals surface area contributed by atoms with Crippen LogP contribution in [-0.2, 0) is 9.53 Å². The van der Waals surface area contributed by atoms with E-state index in [9.17, 15) is 9.18 Å². The zero-order valence-corrected chi connectivity index (χ0v) is 19.5. The second kappa shape index (κ2) is 12.9. The zero-order valence-electron chi connectivity index (χ0n) is 19.5. The van der Waals surface area contributed by atoms with Crippen LogP contribution in [0.5, 0.6) is 5.75 Å². The molecule has 0 bridgehead atoms. The lowest BCUT2D eigenvalue weighted by molar-refractivity contribution is -0.141. The molecule has 0 aromatic heterocycles. The minimum Gasteiger partial charge on any atom is -0.426 e. The van der Waals surface area contributed by atoms with Gasteiger partial charge < -0.3 is 9.47 Å². The van der Waals surface area contributed by atoms with Crippen LogP contribution >= 0.6 is 0 Å². The molecule has 176 valence electrons. The molecule has 2 aliphatic carbocycles. The van der Waals surface area contributed by atoms with Gasteiger partial charge in [0, 0.05) is 12.7 Å². The average molecular weight is 444 g/mol. The lowest BCUT2D eigenvalue weighted by atomic mass is 9.80. The Labute approximate surface area is 192 Å². The van der Waals surface area contributed by atoms with Crippen molar-refractivity contribution in [3.05, 3.63) is 29.6 Å². The highest BCUT2D eigenvalue weighted by Gasteiger charge is 2.29. The molecule has 1 aromatic rings. The highest BCUT2D eigenvalue weighted by atomic mass is 19.1. The van der Waals surface area contributed by atoms with Crippen LogP contribution in [0.1, 0.15) is 96.0 Å². The molecule has 32 heavy (non-hydrogen) atoms. The molecule has 4 nitrogen and oxygen atoms in total. The Morgan fingerprint density at radius 2 is 1.75 bits per heavy atom. The molecular formula is C27H38FNO3. The molecule has 0 heterocycles. The van der Waals surface area contributed by atoms with Crippen molar-refractivity contribution in [3.8, 4) is 11.8 Å². The third-order valence-corrected chi connectivity index (χ3v) is 7.29. The topological polar surface area (TPSA) is 59.3 Å². The van der Waals surface area contributed by atoms with Crippen molar-refractivity contribution in [1.82, 2.24) is 0 Å². The van der Waals surface area contributed by atoms with E-state index in [0.29, 0.717) is 5.92 Å². The van der Waals surface area contributed by atoms with Gasteiger partial charge in [-0.1, -0.05) is 51.9 Å². The zero-order chi connectivity index (χ0) is 22.8. The van der Waals surface area contributed by atoms with Crippen molar-refractivity contribution >= 4 is 5.97 Å². The first-order chi connectivity index (χ1) is 15.6. The lowest BCUT2D eigenvalue weighted by Crippen LogP contribution is -2.30. The molecule has 2 aliphatic rings. The number of nitrogens with zero attached hydrogens (tertiary/aromatic N) is 1. The molecule has 3 rings (SSSR count). The lowest BCUT2D eigenvalue weighted by Gasteiger charge is -2.31. The van der Waals surface area contributed by atoms with Gasteiger partial charge in [0.05, 0.1) is 17.6 Å². The molecule has 0 radical (unpaired) electrons. The first kappa shape index (κ1) is 24.7. The van der Waals surface area contributed by atoms with Gasteiger partial charge in [0.25, 0.3) is 0 Å². The number of nitriles is 1. The number of carbonyl (C=O) groups excluding carboxylic acids is 1. The van der Waals surface area contributed by atoms with Crippen molar-refractivity contribution in [2.45, 2.75) is 96.5 Å². The summed E-state index contributed by atoms with van der Waals surface area (Å²) in [6, 6.07) is 5.67. The van der Waals surface area contributed by atoms with Gasteiger partial charge in [-0.2, -0.15) is 5.26 Å². The van der Waals surface area contributed by atoms with Gasteiger partial charge in [0.2, 0.25) is 0 Å². The Balaban J connectivity index is 1.30. The molecule has 2 fully saturated rings. The molecule has 0 aliphatic heterocycles. The average Bonchev–Trinajstić information content (AvgIpc) is 2.82. The van der Waals surface area contributed by atoms with E-state index >= 15 is 0 Å². The van der Waals surface area contributed by atoms with Gasteiger partial charge >= 0.3 is 5.97 Å². The highest BCUT2D eigenvalue weighted by molar-refractivity contribution is 5.75. The quantitative estimate of drug-likeness (QED) is 0.223. The van der Waals surface area contributed by atoms with E-state index in [4.69, 9.17) is 14.7 Å². The number of benzene rings is 1. The third kappa shape index (κ3) is 7.59. The predicted molar refractivity (Wildman–Crippen MR) is 123 cm³/mol. The van der Waals surface area contributed by atoms with Gasteiger partial charge in [-0.3, -0.25) is 4.79 Å². The van der Waals surface area contributed by atoms with E-state index in [-0.39, 0.29) is 29.3 Å². The van der Waals surface area contributed by atoms with Gasteiger partial charge in [-0.05, 0) is 62.5 Å². The molecule has 1 aromatic carbocycles. The molecule has 0 spiro atoms. The van der Waals surface area contributed by atoms with E-state index in [1.165, 1.54) is 69.9 Å². The van der Waals surface area contributed by atoms with Crippen LogP contribution in [0, 0.1) is 34.9 Å². The summed E-state index contributed by atoms with van der Waals surface area (Å²) in [5, 5.41) is 8.80. The number of ether oxygens (including phenoxy) is 2. The van der Waals surface area contributed by atoms with Crippen LogP contribution in [-0.4, -0.2) is 18.7 Å². The first-order valence-corrected chi connectivity index (χ1v) is 12.6. The van der Waals surface area contributed by atoms with Crippen molar-refractivity contribution in [1.29, 1.82) is 5.26 Å². The number of hydrogen-bond acceptors (Lipinski definition) is 4. The Kier molecular flexibility index (Phi) is 9.99. The fraction of sp³-hybridized carbons (Fsp3) is 0.704. The molecule has 0 N–H and O–H groups in total. The molecular weight excluding hydrogens is 405 g/mol. The minimum absolute atomic E-state index is 0.0529. The smallest absolute Gasteiger partial charge is 0.314 e. The third-order valence-electron chi connectivity index (χ3n) is 7.29. The summed E-state index contributed by atoms with van der Waals surface area (Å²) in [5.74, 6) is 0.623. The summed E-state index contributed by atoms with van der Waals surface area (Å²) < 4.78 is 25.3. The summed E-state index contributed by atoms with van der Waals surface area (Å²) in [7, 11) is 0. The number of esters is 1. The summed E-state index contributed by atoms with van der Waals surface area (Å²) >= 11 is 0. The Morgan fingerprint density at radius 1 is 1.03 bits per heavy atom.